The molecule has 5 nitrogen and oxygen atoms in total. The third kappa shape index (κ3) is 4.10. The number of thioether (sulfide) groups is 1. The third-order valence-electron chi connectivity index (χ3n) is 2.75. The molecule has 1 fully saturated rings. The maximum Gasteiger partial charge on any atom is 0.240 e. The first-order chi connectivity index (χ1) is 9.12. The average Bonchev–Trinajstić information content (AvgIpc) is 2.89. The Morgan fingerprint density at radius 3 is 2.68 bits per heavy atom. The van der Waals surface area contributed by atoms with E-state index in [0.717, 1.165) is 17.9 Å². The SMILES string of the molecule is O=S(=O)(NC1CCSC1)c1ccc(OCCO)cc1. The molecule has 0 aromatic heterocycles. The number of sulfonamides is 1. The highest BCUT2D eigenvalue weighted by molar-refractivity contribution is 7.99. The largest absolute Gasteiger partial charge is 0.491 e. The van der Waals surface area contributed by atoms with Crippen LogP contribution in [0.2, 0.25) is 0 Å². The summed E-state index contributed by atoms with van der Waals surface area (Å²) >= 11 is 1.76. The second kappa shape index (κ2) is 6.60. The Bertz CT molecular complexity index is 495. The molecule has 106 valence electrons. The van der Waals surface area contributed by atoms with Gasteiger partial charge in [-0.25, -0.2) is 13.1 Å². The van der Waals surface area contributed by atoms with Crippen molar-refractivity contribution in [2.45, 2.75) is 17.4 Å². The van der Waals surface area contributed by atoms with Crippen molar-refractivity contribution in [2.75, 3.05) is 24.7 Å². The van der Waals surface area contributed by atoms with E-state index in [1.807, 2.05) is 0 Å². The van der Waals surface area contributed by atoms with E-state index in [-0.39, 0.29) is 24.2 Å². The quantitative estimate of drug-likeness (QED) is 0.814. The van der Waals surface area contributed by atoms with Crippen LogP contribution in [-0.2, 0) is 10.0 Å². The molecule has 2 N–H and O–H groups in total. The van der Waals surface area contributed by atoms with Gasteiger partial charge in [-0.3, -0.25) is 0 Å². The zero-order valence-electron chi connectivity index (χ0n) is 10.4. The molecule has 0 radical (unpaired) electrons. The van der Waals surface area contributed by atoms with E-state index < -0.39 is 10.0 Å². The van der Waals surface area contributed by atoms with E-state index in [1.165, 1.54) is 12.1 Å². The van der Waals surface area contributed by atoms with Gasteiger partial charge in [0, 0.05) is 11.8 Å². The van der Waals surface area contributed by atoms with Crippen LogP contribution in [0, 0.1) is 0 Å². The van der Waals surface area contributed by atoms with Crippen molar-refractivity contribution in [3.05, 3.63) is 24.3 Å². The van der Waals surface area contributed by atoms with Crippen LogP contribution >= 0.6 is 11.8 Å². The number of aliphatic hydroxyl groups is 1. The Kier molecular flexibility index (Phi) is 5.09. The van der Waals surface area contributed by atoms with Crippen molar-refractivity contribution in [3.8, 4) is 5.75 Å². The Morgan fingerprint density at radius 1 is 1.37 bits per heavy atom. The van der Waals surface area contributed by atoms with E-state index in [2.05, 4.69) is 4.72 Å². The van der Waals surface area contributed by atoms with E-state index in [4.69, 9.17) is 9.84 Å². The molecular formula is C12H17NO4S2. The van der Waals surface area contributed by atoms with Gasteiger partial charge in [0.1, 0.15) is 12.4 Å². The molecule has 0 aliphatic carbocycles. The van der Waals surface area contributed by atoms with Crippen LogP contribution in [0.1, 0.15) is 6.42 Å². The summed E-state index contributed by atoms with van der Waals surface area (Å²) < 4.78 is 32.1. The van der Waals surface area contributed by atoms with Crippen molar-refractivity contribution >= 4 is 21.8 Å². The zero-order chi connectivity index (χ0) is 13.7. The third-order valence-corrected chi connectivity index (χ3v) is 5.44. The topological polar surface area (TPSA) is 75.6 Å². The molecule has 0 saturated carbocycles. The van der Waals surface area contributed by atoms with E-state index in [0.29, 0.717) is 5.75 Å². The first-order valence-corrected chi connectivity index (χ1v) is 8.69. The predicted molar refractivity (Wildman–Crippen MR) is 75.1 cm³/mol. The minimum atomic E-state index is -3.45. The molecule has 1 aliphatic rings. The molecule has 1 saturated heterocycles. The monoisotopic (exact) mass is 303 g/mol. The average molecular weight is 303 g/mol. The number of hydrogen-bond donors (Lipinski definition) is 2. The van der Waals surface area contributed by atoms with Crippen molar-refractivity contribution in [2.24, 2.45) is 0 Å². The maximum absolute atomic E-state index is 12.1. The first kappa shape index (κ1) is 14.6. The Balaban J connectivity index is 2.03. The summed E-state index contributed by atoms with van der Waals surface area (Å²) in [6, 6.07) is 6.23. The van der Waals surface area contributed by atoms with Crippen LogP contribution in [0.3, 0.4) is 0 Å². The molecule has 1 aliphatic heterocycles. The second-order valence-electron chi connectivity index (χ2n) is 4.23. The summed E-state index contributed by atoms with van der Waals surface area (Å²) in [5.74, 6) is 2.38. The van der Waals surface area contributed by atoms with Crippen LogP contribution in [-0.4, -0.2) is 44.3 Å². The molecule has 1 aromatic carbocycles. The van der Waals surface area contributed by atoms with Gasteiger partial charge in [0.25, 0.3) is 0 Å². The van der Waals surface area contributed by atoms with Crippen molar-refractivity contribution in [3.63, 3.8) is 0 Å². The molecule has 0 bridgehead atoms. The van der Waals surface area contributed by atoms with Crippen LogP contribution in [0.4, 0.5) is 0 Å². The summed E-state index contributed by atoms with van der Waals surface area (Å²) in [6.07, 6.45) is 0.877. The van der Waals surface area contributed by atoms with Crippen LogP contribution in [0.25, 0.3) is 0 Å². The number of rotatable bonds is 6. The summed E-state index contributed by atoms with van der Waals surface area (Å²) in [4.78, 5) is 0.237. The summed E-state index contributed by atoms with van der Waals surface area (Å²) in [7, 11) is -3.45. The number of ether oxygens (including phenoxy) is 1. The molecule has 19 heavy (non-hydrogen) atoms. The van der Waals surface area contributed by atoms with Gasteiger partial charge in [0.05, 0.1) is 11.5 Å². The molecule has 1 atom stereocenters. The number of aliphatic hydroxyl groups excluding tert-OH is 1. The number of benzene rings is 1. The van der Waals surface area contributed by atoms with Gasteiger partial charge in [0.15, 0.2) is 0 Å². The Hall–Kier alpha value is -0.760. The lowest BCUT2D eigenvalue weighted by Crippen LogP contribution is -2.34. The predicted octanol–water partition coefficient (Wildman–Crippen LogP) is 0.842. The van der Waals surface area contributed by atoms with E-state index in [9.17, 15) is 8.42 Å². The minimum Gasteiger partial charge on any atom is -0.491 e. The van der Waals surface area contributed by atoms with E-state index in [1.54, 1.807) is 23.9 Å². The molecule has 0 amide bonds. The lowest BCUT2D eigenvalue weighted by atomic mass is 10.3. The molecule has 1 unspecified atom stereocenters. The first-order valence-electron chi connectivity index (χ1n) is 6.05. The van der Waals surface area contributed by atoms with Gasteiger partial charge < -0.3 is 9.84 Å². The van der Waals surface area contributed by atoms with E-state index >= 15 is 0 Å². The lowest BCUT2D eigenvalue weighted by Gasteiger charge is -2.12. The highest BCUT2D eigenvalue weighted by Crippen LogP contribution is 2.21. The standard InChI is InChI=1S/C12H17NO4S2/c14-6-7-17-11-1-3-12(4-2-11)19(15,16)13-10-5-8-18-9-10/h1-4,10,13-14H,5-9H2. The molecule has 7 heteroatoms. The van der Waals surface area contributed by atoms with Crippen LogP contribution in [0.15, 0.2) is 29.2 Å². The zero-order valence-corrected chi connectivity index (χ0v) is 12.0. The van der Waals surface area contributed by atoms with Gasteiger partial charge in [-0.2, -0.15) is 11.8 Å². The summed E-state index contributed by atoms with van der Waals surface area (Å²) in [5.41, 5.74) is 0. The highest BCUT2D eigenvalue weighted by Gasteiger charge is 2.23. The maximum atomic E-state index is 12.1. The molecule has 1 heterocycles. The van der Waals surface area contributed by atoms with Crippen molar-refractivity contribution < 1.29 is 18.3 Å². The van der Waals surface area contributed by atoms with Gasteiger partial charge >= 0.3 is 0 Å². The van der Waals surface area contributed by atoms with Crippen molar-refractivity contribution in [1.29, 1.82) is 0 Å². The van der Waals surface area contributed by atoms with Gasteiger partial charge in [-0.05, 0) is 36.4 Å². The smallest absolute Gasteiger partial charge is 0.240 e. The van der Waals surface area contributed by atoms with Crippen LogP contribution in [0.5, 0.6) is 5.75 Å². The molecular weight excluding hydrogens is 286 g/mol. The molecule has 2 rings (SSSR count). The fraction of sp³-hybridized carbons (Fsp3) is 0.500. The lowest BCUT2D eigenvalue weighted by molar-refractivity contribution is 0.201. The van der Waals surface area contributed by atoms with Gasteiger partial charge in [-0.1, -0.05) is 0 Å². The van der Waals surface area contributed by atoms with Crippen LogP contribution < -0.4 is 9.46 Å². The van der Waals surface area contributed by atoms with Gasteiger partial charge in [-0.15, -0.1) is 0 Å². The summed E-state index contributed by atoms with van der Waals surface area (Å²) in [6.45, 7) is 0.130. The summed E-state index contributed by atoms with van der Waals surface area (Å²) in [5, 5.41) is 8.64. The second-order valence-corrected chi connectivity index (χ2v) is 7.09. The fourth-order valence-electron chi connectivity index (χ4n) is 1.79. The molecule has 0 spiro atoms. The number of nitrogens with one attached hydrogen (secondary N) is 1. The van der Waals surface area contributed by atoms with Gasteiger partial charge in [0.2, 0.25) is 10.0 Å². The Labute approximate surface area is 117 Å². The Morgan fingerprint density at radius 2 is 2.11 bits per heavy atom. The highest BCUT2D eigenvalue weighted by atomic mass is 32.2. The minimum absolute atomic E-state index is 0.0281. The fourth-order valence-corrected chi connectivity index (χ4v) is 4.32. The molecule has 1 aromatic rings. The van der Waals surface area contributed by atoms with Crippen molar-refractivity contribution in [1.82, 2.24) is 4.72 Å². The number of hydrogen-bond acceptors (Lipinski definition) is 5. The normalized spacial score (nSPS) is 19.5.